The number of aromatic nitrogens is 3. The van der Waals surface area contributed by atoms with Crippen LogP contribution in [-0.4, -0.2) is 15.0 Å². The van der Waals surface area contributed by atoms with Gasteiger partial charge >= 0.3 is 0 Å². The van der Waals surface area contributed by atoms with E-state index in [1.165, 1.54) is 17.5 Å². The summed E-state index contributed by atoms with van der Waals surface area (Å²) in [5.74, 6) is 1.39. The van der Waals surface area contributed by atoms with Gasteiger partial charge in [0.05, 0.1) is 0 Å². The van der Waals surface area contributed by atoms with E-state index in [1.807, 2.05) is 43.3 Å². The summed E-state index contributed by atoms with van der Waals surface area (Å²) >= 11 is 0. The molecule has 3 N–H and O–H groups in total. The second kappa shape index (κ2) is 7.15. The van der Waals surface area contributed by atoms with Crippen LogP contribution in [-0.2, 0) is 0 Å². The molecule has 28 heavy (non-hydrogen) atoms. The molecule has 0 amide bonds. The molecule has 4 aromatic rings. The SMILES string of the molecule is Cc1ccc2cccc(Oc3ncnc(Nc4ccc(C)c(C)c4)c3N)c2n1. The van der Waals surface area contributed by atoms with Gasteiger partial charge in [-0.05, 0) is 56.2 Å². The number of fused-ring (bicyclic) bond motifs is 1. The summed E-state index contributed by atoms with van der Waals surface area (Å²) in [6.07, 6.45) is 1.43. The summed E-state index contributed by atoms with van der Waals surface area (Å²) in [6, 6.07) is 15.8. The number of aryl methyl sites for hydroxylation is 3. The molecule has 6 heteroatoms. The number of ether oxygens (including phenoxy) is 1. The van der Waals surface area contributed by atoms with Crippen molar-refractivity contribution in [1.82, 2.24) is 15.0 Å². The van der Waals surface area contributed by atoms with E-state index in [1.54, 1.807) is 0 Å². The normalized spacial score (nSPS) is 10.8. The number of para-hydroxylation sites is 1. The van der Waals surface area contributed by atoms with Crippen LogP contribution in [0, 0.1) is 20.8 Å². The Kier molecular flexibility index (Phi) is 4.53. The third kappa shape index (κ3) is 3.44. The minimum atomic E-state index is 0.289. The van der Waals surface area contributed by atoms with Crippen LogP contribution in [0.5, 0.6) is 11.6 Å². The van der Waals surface area contributed by atoms with Crippen molar-refractivity contribution in [3.63, 3.8) is 0 Å². The van der Waals surface area contributed by atoms with E-state index >= 15 is 0 Å². The highest BCUT2D eigenvalue weighted by Crippen LogP contribution is 2.34. The van der Waals surface area contributed by atoms with Crippen LogP contribution in [0.1, 0.15) is 16.8 Å². The van der Waals surface area contributed by atoms with Crippen LogP contribution in [0.4, 0.5) is 17.2 Å². The molecule has 0 bridgehead atoms. The summed E-state index contributed by atoms with van der Waals surface area (Å²) < 4.78 is 6.02. The summed E-state index contributed by atoms with van der Waals surface area (Å²) in [4.78, 5) is 13.1. The summed E-state index contributed by atoms with van der Waals surface area (Å²) in [5.41, 5.74) is 11.6. The minimum Gasteiger partial charge on any atom is -0.435 e. The van der Waals surface area contributed by atoms with Crippen molar-refractivity contribution in [3.8, 4) is 11.6 Å². The maximum atomic E-state index is 6.29. The van der Waals surface area contributed by atoms with Crippen LogP contribution in [0.25, 0.3) is 10.9 Å². The summed E-state index contributed by atoms with van der Waals surface area (Å²) in [5, 5.41) is 4.23. The molecule has 4 rings (SSSR count). The lowest BCUT2D eigenvalue weighted by Crippen LogP contribution is -2.03. The fourth-order valence-electron chi connectivity index (χ4n) is 2.92. The van der Waals surface area contributed by atoms with Crippen LogP contribution in [0.2, 0.25) is 0 Å². The third-order valence-corrected chi connectivity index (χ3v) is 4.65. The van der Waals surface area contributed by atoms with Crippen molar-refractivity contribution < 1.29 is 4.74 Å². The molecule has 0 radical (unpaired) electrons. The number of nitrogens with zero attached hydrogens (tertiary/aromatic N) is 3. The first kappa shape index (κ1) is 17.7. The van der Waals surface area contributed by atoms with Crippen molar-refractivity contribution in [1.29, 1.82) is 0 Å². The first-order chi connectivity index (χ1) is 13.5. The molecule has 6 nitrogen and oxygen atoms in total. The fraction of sp³-hybridized carbons (Fsp3) is 0.136. The quantitative estimate of drug-likeness (QED) is 0.521. The van der Waals surface area contributed by atoms with Gasteiger partial charge in [-0.2, -0.15) is 4.98 Å². The van der Waals surface area contributed by atoms with Gasteiger partial charge in [0, 0.05) is 16.8 Å². The van der Waals surface area contributed by atoms with Crippen LogP contribution in [0.3, 0.4) is 0 Å². The Morgan fingerprint density at radius 1 is 0.929 bits per heavy atom. The molecule has 0 fully saturated rings. The van der Waals surface area contributed by atoms with Gasteiger partial charge in [-0.15, -0.1) is 0 Å². The molecule has 0 aliphatic heterocycles. The van der Waals surface area contributed by atoms with Crippen molar-refractivity contribution >= 4 is 28.1 Å². The zero-order chi connectivity index (χ0) is 19.7. The molecule has 0 saturated carbocycles. The average molecular weight is 371 g/mol. The monoisotopic (exact) mass is 371 g/mol. The third-order valence-electron chi connectivity index (χ3n) is 4.65. The average Bonchev–Trinajstić information content (AvgIpc) is 2.68. The number of nitrogen functional groups attached to an aromatic ring is 1. The van der Waals surface area contributed by atoms with Crippen molar-refractivity contribution in [2.24, 2.45) is 0 Å². The van der Waals surface area contributed by atoms with Gasteiger partial charge in [-0.1, -0.05) is 24.3 Å². The van der Waals surface area contributed by atoms with E-state index in [2.05, 4.69) is 46.2 Å². The number of hydrogen-bond acceptors (Lipinski definition) is 6. The van der Waals surface area contributed by atoms with Crippen molar-refractivity contribution in [3.05, 3.63) is 71.7 Å². The molecule has 0 aliphatic rings. The van der Waals surface area contributed by atoms with Gasteiger partial charge in [-0.25, -0.2) is 9.97 Å². The molecular weight excluding hydrogens is 350 g/mol. The Morgan fingerprint density at radius 3 is 2.61 bits per heavy atom. The largest absolute Gasteiger partial charge is 0.435 e. The maximum Gasteiger partial charge on any atom is 0.248 e. The first-order valence-electron chi connectivity index (χ1n) is 9.00. The van der Waals surface area contributed by atoms with E-state index in [0.29, 0.717) is 17.3 Å². The number of nitrogens with two attached hydrogens (primary N) is 1. The molecular formula is C22H21N5O. The minimum absolute atomic E-state index is 0.289. The van der Waals surface area contributed by atoms with Gasteiger partial charge in [0.1, 0.15) is 17.5 Å². The molecule has 0 spiro atoms. The van der Waals surface area contributed by atoms with Gasteiger partial charge in [-0.3, -0.25) is 0 Å². The molecule has 0 saturated heterocycles. The number of nitrogens with one attached hydrogen (secondary N) is 1. The lowest BCUT2D eigenvalue weighted by atomic mass is 10.1. The van der Waals surface area contributed by atoms with E-state index < -0.39 is 0 Å². The highest BCUT2D eigenvalue weighted by Gasteiger charge is 2.13. The predicted octanol–water partition coefficient (Wildman–Crippen LogP) is 5.07. The Bertz CT molecular complexity index is 1170. The molecule has 0 unspecified atom stereocenters. The Morgan fingerprint density at radius 2 is 1.79 bits per heavy atom. The van der Waals surface area contributed by atoms with Crippen LogP contribution in [0.15, 0.2) is 54.9 Å². The van der Waals surface area contributed by atoms with E-state index in [0.717, 1.165) is 22.3 Å². The Hall–Kier alpha value is -3.67. The topological polar surface area (TPSA) is 86.0 Å². The predicted molar refractivity (Wildman–Crippen MR) is 112 cm³/mol. The Balaban J connectivity index is 1.67. The van der Waals surface area contributed by atoms with Gasteiger partial charge in [0.15, 0.2) is 11.6 Å². The van der Waals surface area contributed by atoms with Gasteiger partial charge < -0.3 is 15.8 Å². The van der Waals surface area contributed by atoms with Crippen molar-refractivity contribution in [2.45, 2.75) is 20.8 Å². The molecule has 0 aliphatic carbocycles. The first-order valence-corrected chi connectivity index (χ1v) is 9.00. The summed E-state index contributed by atoms with van der Waals surface area (Å²) in [6.45, 7) is 6.08. The zero-order valence-corrected chi connectivity index (χ0v) is 16.0. The fourth-order valence-corrected chi connectivity index (χ4v) is 2.92. The molecule has 2 aromatic heterocycles. The molecule has 2 heterocycles. The van der Waals surface area contributed by atoms with E-state index in [-0.39, 0.29) is 5.88 Å². The smallest absolute Gasteiger partial charge is 0.248 e. The number of anilines is 3. The highest BCUT2D eigenvalue weighted by molar-refractivity contribution is 5.85. The molecule has 140 valence electrons. The Labute approximate surface area is 163 Å². The maximum absolute atomic E-state index is 6.29. The van der Waals surface area contributed by atoms with Crippen LogP contribution >= 0.6 is 0 Å². The number of pyridine rings is 1. The van der Waals surface area contributed by atoms with Crippen molar-refractivity contribution in [2.75, 3.05) is 11.1 Å². The zero-order valence-electron chi connectivity index (χ0n) is 16.0. The standard InChI is InChI=1S/C22H21N5O/c1-13-7-10-17(11-14(13)2)27-21-19(23)22(25-12-24-21)28-18-6-4-5-16-9-8-15(3)26-20(16)18/h4-12H,23H2,1-3H3,(H,24,25,27). The van der Waals surface area contributed by atoms with E-state index in [4.69, 9.17) is 10.5 Å². The summed E-state index contributed by atoms with van der Waals surface area (Å²) in [7, 11) is 0. The van der Waals surface area contributed by atoms with Crippen LogP contribution < -0.4 is 15.8 Å². The van der Waals surface area contributed by atoms with Gasteiger partial charge in [0.25, 0.3) is 0 Å². The second-order valence-electron chi connectivity index (χ2n) is 6.75. The molecule has 0 atom stereocenters. The van der Waals surface area contributed by atoms with Gasteiger partial charge in [0.2, 0.25) is 5.88 Å². The lowest BCUT2D eigenvalue weighted by Gasteiger charge is -2.13. The molecule has 2 aromatic carbocycles. The number of hydrogen-bond donors (Lipinski definition) is 2. The number of rotatable bonds is 4. The van der Waals surface area contributed by atoms with E-state index in [9.17, 15) is 0 Å². The second-order valence-corrected chi connectivity index (χ2v) is 6.75. The lowest BCUT2D eigenvalue weighted by molar-refractivity contribution is 0.469. The highest BCUT2D eigenvalue weighted by atomic mass is 16.5. The number of benzene rings is 2.